The van der Waals surface area contributed by atoms with Crippen molar-refractivity contribution in [2.75, 3.05) is 17.2 Å². The molecule has 0 atom stereocenters. The molecule has 0 aliphatic carbocycles. The lowest BCUT2D eigenvalue weighted by Crippen LogP contribution is -2.22. The van der Waals surface area contributed by atoms with Crippen LogP contribution in [0.25, 0.3) is 0 Å². The highest BCUT2D eigenvalue weighted by atomic mass is 35.5. The molecule has 0 aromatic heterocycles. The van der Waals surface area contributed by atoms with E-state index < -0.39 is 11.6 Å². The molecule has 0 saturated carbocycles. The Kier molecular flexibility index (Phi) is 4.75. The van der Waals surface area contributed by atoms with Gasteiger partial charge in [-0.25, -0.2) is 8.78 Å². The summed E-state index contributed by atoms with van der Waals surface area (Å²) in [5, 5.41) is 5.10. The summed E-state index contributed by atoms with van der Waals surface area (Å²) in [7, 11) is 0. The molecule has 0 unspecified atom stereocenters. The summed E-state index contributed by atoms with van der Waals surface area (Å²) in [4.78, 5) is 11.8. The van der Waals surface area contributed by atoms with E-state index >= 15 is 0 Å². The van der Waals surface area contributed by atoms with Crippen LogP contribution in [0.15, 0.2) is 36.4 Å². The third-order valence-electron chi connectivity index (χ3n) is 2.73. The van der Waals surface area contributed by atoms with Gasteiger partial charge in [-0.05, 0) is 30.7 Å². The summed E-state index contributed by atoms with van der Waals surface area (Å²) in [6.45, 7) is 1.72. The first-order valence-corrected chi connectivity index (χ1v) is 6.58. The number of rotatable bonds is 4. The van der Waals surface area contributed by atoms with Gasteiger partial charge in [0.2, 0.25) is 5.91 Å². The van der Waals surface area contributed by atoms with Crippen LogP contribution in [0.2, 0.25) is 5.02 Å². The van der Waals surface area contributed by atoms with Crippen LogP contribution in [0.4, 0.5) is 20.2 Å². The number of anilines is 2. The van der Waals surface area contributed by atoms with Gasteiger partial charge in [-0.1, -0.05) is 23.7 Å². The van der Waals surface area contributed by atoms with Crippen LogP contribution >= 0.6 is 11.6 Å². The molecule has 0 fully saturated rings. The van der Waals surface area contributed by atoms with Crippen molar-refractivity contribution in [1.29, 1.82) is 0 Å². The molecule has 110 valence electrons. The average molecular weight is 311 g/mol. The van der Waals surface area contributed by atoms with Crippen molar-refractivity contribution in [3.63, 3.8) is 0 Å². The third kappa shape index (κ3) is 4.16. The summed E-state index contributed by atoms with van der Waals surface area (Å²) in [5.74, 6) is -1.98. The van der Waals surface area contributed by atoms with Crippen LogP contribution in [-0.4, -0.2) is 12.5 Å². The van der Waals surface area contributed by atoms with E-state index in [-0.39, 0.29) is 23.2 Å². The van der Waals surface area contributed by atoms with Gasteiger partial charge < -0.3 is 10.6 Å². The van der Waals surface area contributed by atoms with Gasteiger partial charge in [-0.15, -0.1) is 0 Å². The Morgan fingerprint density at radius 3 is 2.67 bits per heavy atom. The highest BCUT2D eigenvalue weighted by Gasteiger charge is 2.11. The molecular weight excluding hydrogens is 298 g/mol. The molecular formula is C15H13ClF2N2O. The molecule has 2 aromatic rings. The van der Waals surface area contributed by atoms with Crippen LogP contribution in [0.3, 0.4) is 0 Å². The lowest BCUT2D eigenvalue weighted by atomic mass is 10.2. The molecule has 2 aromatic carbocycles. The number of amides is 1. The van der Waals surface area contributed by atoms with Crippen LogP contribution in [0.5, 0.6) is 0 Å². The molecule has 2 N–H and O–H groups in total. The minimum Gasteiger partial charge on any atom is -0.373 e. The fourth-order valence-electron chi connectivity index (χ4n) is 1.81. The topological polar surface area (TPSA) is 41.1 Å². The lowest BCUT2D eigenvalue weighted by Gasteiger charge is -2.10. The Hall–Kier alpha value is -2.14. The maximum Gasteiger partial charge on any atom is 0.243 e. The summed E-state index contributed by atoms with van der Waals surface area (Å²) in [6, 6.07) is 8.95. The standard InChI is InChI=1S/C15H13ClF2N2O/c1-9-3-2-4-11(5-9)20-14(21)8-19-15-12(16)6-10(17)7-13(15)18/h2-7,19H,8H2,1H3,(H,20,21). The Morgan fingerprint density at radius 2 is 2.00 bits per heavy atom. The van der Waals surface area contributed by atoms with Crippen LogP contribution in [0.1, 0.15) is 5.56 Å². The lowest BCUT2D eigenvalue weighted by molar-refractivity contribution is -0.114. The number of carbonyl (C=O) groups excluding carboxylic acids is 1. The minimum absolute atomic E-state index is 0.0996. The number of hydrogen-bond donors (Lipinski definition) is 2. The fourth-order valence-corrected chi connectivity index (χ4v) is 2.07. The zero-order chi connectivity index (χ0) is 15.4. The molecule has 0 saturated heterocycles. The Bertz CT molecular complexity index is 653. The smallest absolute Gasteiger partial charge is 0.243 e. The Morgan fingerprint density at radius 1 is 1.24 bits per heavy atom. The number of carbonyl (C=O) groups is 1. The van der Waals surface area contributed by atoms with Gasteiger partial charge in [0.05, 0.1) is 17.3 Å². The second kappa shape index (κ2) is 6.54. The molecule has 2 rings (SSSR count). The first kappa shape index (κ1) is 15.3. The largest absolute Gasteiger partial charge is 0.373 e. The molecule has 0 heterocycles. The second-order valence-electron chi connectivity index (χ2n) is 4.52. The van der Waals surface area contributed by atoms with Crippen molar-refractivity contribution in [1.82, 2.24) is 0 Å². The minimum atomic E-state index is -0.844. The summed E-state index contributed by atoms with van der Waals surface area (Å²) in [6.07, 6.45) is 0. The monoisotopic (exact) mass is 310 g/mol. The van der Waals surface area contributed by atoms with Crippen molar-refractivity contribution in [2.45, 2.75) is 6.92 Å². The first-order chi connectivity index (χ1) is 9.95. The maximum atomic E-state index is 13.5. The van der Waals surface area contributed by atoms with Gasteiger partial charge in [-0.2, -0.15) is 0 Å². The zero-order valence-electron chi connectivity index (χ0n) is 11.2. The van der Waals surface area contributed by atoms with Gasteiger partial charge in [0.15, 0.2) is 5.82 Å². The van der Waals surface area contributed by atoms with Gasteiger partial charge in [0.25, 0.3) is 0 Å². The van der Waals surface area contributed by atoms with Crippen LogP contribution in [-0.2, 0) is 4.79 Å². The number of benzene rings is 2. The van der Waals surface area contributed by atoms with Crippen molar-refractivity contribution < 1.29 is 13.6 Å². The summed E-state index contributed by atoms with van der Waals surface area (Å²) < 4.78 is 26.4. The predicted molar refractivity (Wildman–Crippen MR) is 79.7 cm³/mol. The molecule has 0 radical (unpaired) electrons. The van der Waals surface area contributed by atoms with Gasteiger partial charge >= 0.3 is 0 Å². The quantitative estimate of drug-likeness (QED) is 0.897. The molecule has 0 aliphatic rings. The van der Waals surface area contributed by atoms with Crippen molar-refractivity contribution >= 4 is 28.9 Å². The zero-order valence-corrected chi connectivity index (χ0v) is 12.0. The summed E-state index contributed by atoms with van der Waals surface area (Å²) in [5.41, 5.74) is 1.55. The van der Waals surface area contributed by atoms with E-state index in [0.29, 0.717) is 11.8 Å². The first-order valence-electron chi connectivity index (χ1n) is 6.20. The number of aryl methyl sites for hydroxylation is 1. The molecule has 6 heteroatoms. The molecule has 1 amide bonds. The van der Waals surface area contributed by atoms with E-state index in [2.05, 4.69) is 10.6 Å². The predicted octanol–water partition coefficient (Wildman–Crippen LogP) is 3.98. The van der Waals surface area contributed by atoms with E-state index in [1.165, 1.54) is 0 Å². The normalized spacial score (nSPS) is 10.3. The molecule has 0 aliphatic heterocycles. The molecule has 21 heavy (non-hydrogen) atoms. The molecule has 3 nitrogen and oxygen atoms in total. The van der Waals surface area contributed by atoms with E-state index in [4.69, 9.17) is 11.6 Å². The number of nitrogens with one attached hydrogen (secondary N) is 2. The van der Waals surface area contributed by atoms with Crippen molar-refractivity contribution in [3.8, 4) is 0 Å². The molecule has 0 spiro atoms. The van der Waals surface area contributed by atoms with E-state index in [1.54, 1.807) is 6.07 Å². The van der Waals surface area contributed by atoms with Gasteiger partial charge in [0.1, 0.15) is 5.82 Å². The number of hydrogen-bond acceptors (Lipinski definition) is 2. The van der Waals surface area contributed by atoms with Crippen LogP contribution in [0, 0.1) is 18.6 Å². The fraction of sp³-hybridized carbons (Fsp3) is 0.133. The highest BCUT2D eigenvalue weighted by molar-refractivity contribution is 6.33. The van der Waals surface area contributed by atoms with Gasteiger partial charge in [0, 0.05) is 11.8 Å². The second-order valence-corrected chi connectivity index (χ2v) is 4.92. The van der Waals surface area contributed by atoms with Crippen molar-refractivity contribution in [3.05, 3.63) is 58.6 Å². The average Bonchev–Trinajstić information content (AvgIpc) is 2.37. The summed E-state index contributed by atoms with van der Waals surface area (Å²) >= 11 is 5.73. The van der Waals surface area contributed by atoms with Crippen LogP contribution < -0.4 is 10.6 Å². The number of halogens is 3. The Labute approximate surface area is 125 Å². The Balaban J connectivity index is 1.99. The van der Waals surface area contributed by atoms with E-state index in [1.807, 2.05) is 25.1 Å². The van der Waals surface area contributed by atoms with Crippen molar-refractivity contribution in [2.24, 2.45) is 0 Å². The van der Waals surface area contributed by atoms with Gasteiger partial charge in [-0.3, -0.25) is 4.79 Å². The SMILES string of the molecule is Cc1cccc(NC(=O)CNc2c(F)cc(F)cc2Cl)c1. The maximum absolute atomic E-state index is 13.5. The highest BCUT2D eigenvalue weighted by Crippen LogP contribution is 2.26. The molecule has 0 bridgehead atoms. The van der Waals surface area contributed by atoms with E-state index in [9.17, 15) is 13.6 Å². The van der Waals surface area contributed by atoms with E-state index in [0.717, 1.165) is 11.6 Å². The third-order valence-corrected chi connectivity index (χ3v) is 3.03.